The molecule has 4 heteroatoms. The third-order valence-corrected chi connectivity index (χ3v) is 2.10. The molecule has 0 aromatic heterocycles. The van der Waals surface area contributed by atoms with E-state index in [9.17, 15) is 4.79 Å². The Hall–Kier alpha value is -0.610. The van der Waals surface area contributed by atoms with Crippen LogP contribution in [-0.4, -0.2) is 38.5 Å². The van der Waals surface area contributed by atoms with Crippen LogP contribution in [0.2, 0.25) is 0 Å². The molecular formula is C13H26O4. The van der Waals surface area contributed by atoms with Gasteiger partial charge in [0.2, 0.25) is 0 Å². The Kier molecular flexibility index (Phi) is 10.2. The molecule has 0 bridgehead atoms. The van der Waals surface area contributed by atoms with Crippen molar-refractivity contribution in [1.29, 1.82) is 0 Å². The maximum absolute atomic E-state index is 11.5. The van der Waals surface area contributed by atoms with Crippen LogP contribution in [0.5, 0.6) is 0 Å². The number of esters is 1. The van der Waals surface area contributed by atoms with E-state index >= 15 is 0 Å². The molecule has 0 rings (SSSR count). The molecule has 0 aromatic carbocycles. The third kappa shape index (κ3) is 9.12. The molecule has 1 unspecified atom stereocenters. The first-order valence-electron chi connectivity index (χ1n) is 6.47. The first-order chi connectivity index (χ1) is 8.11. The fourth-order valence-corrected chi connectivity index (χ4v) is 1.33. The van der Waals surface area contributed by atoms with Crippen molar-refractivity contribution in [2.45, 2.75) is 46.6 Å². The van der Waals surface area contributed by atoms with Gasteiger partial charge in [0.15, 0.2) is 6.10 Å². The maximum Gasteiger partial charge on any atom is 0.335 e. The second kappa shape index (κ2) is 10.5. The Morgan fingerprint density at radius 3 is 2.41 bits per heavy atom. The fourth-order valence-electron chi connectivity index (χ4n) is 1.33. The van der Waals surface area contributed by atoms with Gasteiger partial charge in [-0.05, 0) is 19.3 Å². The second-order valence-electron chi connectivity index (χ2n) is 4.37. The van der Waals surface area contributed by atoms with Crippen molar-refractivity contribution in [3.63, 3.8) is 0 Å². The summed E-state index contributed by atoms with van der Waals surface area (Å²) in [6.07, 6.45) is 1.15. The zero-order valence-corrected chi connectivity index (χ0v) is 11.5. The van der Waals surface area contributed by atoms with Gasteiger partial charge in [-0.3, -0.25) is 0 Å². The first kappa shape index (κ1) is 16.4. The number of ether oxygens (including phenoxy) is 3. The predicted molar refractivity (Wildman–Crippen MR) is 66.9 cm³/mol. The monoisotopic (exact) mass is 246 g/mol. The summed E-state index contributed by atoms with van der Waals surface area (Å²) in [6.45, 7) is 10.1. The third-order valence-electron chi connectivity index (χ3n) is 2.10. The van der Waals surface area contributed by atoms with Crippen LogP contribution in [0, 0.1) is 5.92 Å². The fraction of sp³-hybridized carbons (Fsp3) is 0.923. The molecule has 0 fully saturated rings. The van der Waals surface area contributed by atoms with E-state index in [1.807, 2.05) is 6.92 Å². The molecule has 0 aliphatic carbocycles. The Balaban J connectivity index is 3.73. The van der Waals surface area contributed by atoms with Crippen molar-refractivity contribution in [3.8, 4) is 0 Å². The van der Waals surface area contributed by atoms with Crippen LogP contribution in [0.4, 0.5) is 0 Å². The average molecular weight is 246 g/mol. The quantitative estimate of drug-likeness (QED) is 0.438. The molecule has 0 N–H and O–H groups in total. The lowest BCUT2D eigenvalue weighted by atomic mass is 10.2. The Morgan fingerprint density at radius 2 is 1.88 bits per heavy atom. The number of hydrogen-bond donors (Lipinski definition) is 0. The van der Waals surface area contributed by atoms with Crippen molar-refractivity contribution in [1.82, 2.24) is 0 Å². The minimum atomic E-state index is -0.442. The van der Waals surface area contributed by atoms with E-state index < -0.39 is 6.10 Å². The number of rotatable bonds is 10. The van der Waals surface area contributed by atoms with Gasteiger partial charge in [-0.2, -0.15) is 0 Å². The molecule has 0 saturated carbocycles. The smallest absolute Gasteiger partial charge is 0.335 e. The van der Waals surface area contributed by atoms with E-state index in [1.165, 1.54) is 0 Å². The molecule has 0 amide bonds. The molecule has 0 heterocycles. The zero-order chi connectivity index (χ0) is 13.1. The van der Waals surface area contributed by atoms with Crippen LogP contribution in [0.15, 0.2) is 0 Å². The first-order valence-corrected chi connectivity index (χ1v) is 6.47. The Bertz CT molecular complexity index is 192. The van der Waals surface area contributed by atoms with Gasteiger partial charge in [-0.1, -0.05) is 27.2 Å². The highest BCUT2D eigenvalue weighted by Crippen LogP contribution is 2.05. The summed E-state index contributed by atoms with van der Waals surface area (Å²) in [4.78, 5) is 11.5. The topological polar surface area (TPSA) is 44.8 Å². The molecule has 17 heavy (non-hydrogen) atoms. The molecule has 0 radical (unpaired) electrons. The molecule has 0 aromatic rings. The summed E-state index contributed by atoms with van der Waals surface area (Å²) in [5, 5.41) is 0. The summed E-state index contributed by atoms with van der Waals surface area (Å²) in [5.41, 5.74) is 0. The van der Waals surface area contributed by atoms with Crippen LogP contribution in [0.1, 0.15) is 40.5 Å². The molecule has 0 saturated heterocycles. The molecule has 4 nitrogen and oxygen atoms in total. The molecule has 0 spiro atoms. The van der Waals surface area contributed by atoms with E-state index in [4.69, 9.17) is 14.2 Å². The van der Waals surface area contributed by atoms with E-state index in [-0.39, 0.29) is 5.97 Å². The van der Waals surface area contributed by atoms with Crippen molar-refractivity contribution in [3.05, 3.63) is 0 Å². The summed E-state index contributed by atoms with van der Waals surface area (Å²) in [6, 6.07) is 0. The van der Waals surface area contributed by atoms with Gasteiger partial charge in [0.25, 0.3) is 0 Å². The van der Waals surface area contributed by atoms with Crippen molar-refractivity contribution >= 4 is 5.97 Å². The zero-order valence-electron chi connectivity index (χ0n) is 11.5. The largest absolute Gasteiger partial charge is 0.464 e. The van der Waals surface area contributed by atoms with Crippen molar-refractivity contribution in [2.75, 3.05) is 26.4 Å². The molecular weight excluding hydrogens is 220 g/mol. The van der Waals surface area contributed by atoms with Crippen LogP contribution in [0.3, 0.4) is 0 Å². The van der Waals surface area contributed by atoms with Gasteiger partial charge in [-0.25, -0.2) is 4.79 Å². The molecule has 0 aliphatic heterocycles. The van der Waals surface area contributed by atoms with E-state index in [0.29, 0.717) is 32.2 Å². The van der Waals surface area contributed by atoms with Crippen LogP contribution in [-0.2, 0) is 19.0 Å². The maximum atomic E-state index is 11.5. The van der Waals surface area contributed by atoms with E-state index in [2.05, 4.69) is 13.8 Å². The van der Waals surface area contributed by atoms with E-state index in [1.54, 1.807) is 6.92 Å². The summed E-state index contributed by atoms with van der Waals surface area (Å²) < 4.78 is 15.8. The van der Waals surface area contributed by atoms with Crippen LogP contribution >= 0.6 is 0 Å². The number of carbonyl (C=O) groups excluding carboxylic acids is 1. The van der Waals surface area contributed by atoms with Gasteiger partial charge in [-0.15, -0.1) is 0 Å². The van der Waals surface area contributed by atoms with Gasteiger partial charge in [0, 0.05) is 6.61 Å². The lowest BCUT2D eigenvalue weighted by Crippen LogP contribution is -2.28. The van der Waals surface area contributed by atoms with Gasteiger partial charge in [0.1, 0.15) is 0 Å². The predicted octanol–water partition coefficient (Wildman–Crippen LogP) is 2.41. The standard InChI is InChI=1S/C13H26O4/c1-5-7-12(13(14)16-6-2)17-9-8-15-10-11(3)4/h11-12H,5-10H2,1-4H3. The lowest BCUT2D eigenvalue weighted by molar-refractivity contribution is -0.158. The van der Waals surface area contributed by atoms with Gasteiger partial charge in [0.05, 0.1) is 19.8 Å². The van der Waals surface area contributed by atoms with E-state index in [0.717, 1.165) is 13.0 Å². The Labute approximate surface area is 105 Å². The highest BCUT2D eigenvalue weighted by Gasteiger charge is 2.18. The van der Waals surface area contributed by atoms with Gasteiger partial charge < -0.3 is 14.2 Å². The minimum absolute atomic E-state index is 0.266. The number of carbonyl (C=O) groups is 1. The lowest BCUT2D eigenvalue weighted by Gasteiger charge is -2.16. The minimum Gasteiger partial charge on any atom is -0.464 e. The van der Waals surface area contributed by atoms with Crippen LogP contribution < -0.4 is 0 Å². The van der Waals surface area contributed by atoms with Crippen molar-refractivity contribution in [2.24, 2.45) is 5.92 Å². The van der Waals surface area contributed by atoms with Gasteiger partial charge >= 0.3 is 5.97 Å². The summed E-state index contributed by atoms with van der Waals surface area (Å²) in [5.74, 6) is 0.254. The average Bonchev–Trinajstić information content (AvgIpc) is 2.27. The molecule has 102 valence electrons. The summed E-state index contributed by atoms with van der Waals surface area (Å²) in [7, 11) is 0. The van der Waals surface area contributed by atoms with Crippen LogP contribution in [0.25, 0.3) is 0 Å². The second-order valence-corrected chi connectivity index (χ2v) is 4.37. The van der Waals surface area contributed by atoms with Crippen molar-refractivity contribution < 1.29 is 19.0 Å². The SMILES string of the molecule is CCCC(OCCOCC(C)C)C(=O)OCC. The molecule has 0 aliphatic rings. The molecule has 1 atom stereocenters. The Morgan fingerprint density at radius 1 is 1.18 bits per heavy atom. The normalized spacial score (nSPS) is 12.8. The summed E-state index contributed by atoms with van der Waals surface area (Å²) >= 11 is 0. The highest BCUT2D eigenvalue weighted by molar-refractivity contribution is 5.74. The number of hydrogen-bond acceptors (Lipinski definition) is 4. The highest BCUT2D eigenvalue weighted by atomic mass is 16.6.